The summed E-state index contributed by atoms with van der Waals surface area (Å²) in [5, 5.41) is 3.16. The molecule has 17 heavy (non-hydrogen) atoms. The van der Waals surface area contributed by atoms with Crippen molar-refractivity contribution >= 4 is 10.0 Å². The summed E-state index contributed by atoms with van der Waals surface area (Å²) < 4.78 is 24.3. The zero-order valence-corrected chi connectivity index (χ0v) is 11.2. The van der Waals surface area contributed by atoms with Crippen LogP contribution in [0.5, 0.6) is 0 Å². The molecule has 0 radical (unpaired) electrons. The van der Waals surface area contributed by atoms with Crippen molar-refractivity contribution < 1.29 is 8.42 Å². The molecule has 0 bridgehead atoms. The van der Waals surface area contributed by atoms with Crippen molar-refractivity contribution in [2.24, 2.45) is 0 Å². The summed E-state index contributed by atoms with van der Waals surface area (Å²) in [6.45, 7) is 2.41. The number of nitrogens with one attached hydrogen (secondary N) is 1. The van der Waals surface area contributed by atoms with Gasteiger partial charge in [-0.25, -0.2) is 12.7 Å². The molecule has 1 atom stereocenters. The van der Waals surface area contributed by atoms with Crippen LogP contribution < -0.4 is 5.32 Å². The first-order valence-corrected chi connectivity index (χ1v) is 7.08. The Labute approximate surface area is 103 Å². The van der Waals surface area contributed by atoms with E-state index >= 15 is 0 Å². The van der Waals surface area contributed by atoms with Gasteiger partial charge in [0.05, 0.1) is 5.75 Å². The van der Waals surface area contributed by atoms with E-state index in [4.69, 9.17) is 0 Å². The second kappa shape index (κ2) is 6.09. The lowest BCUT2D eigenvalue weighted by Crippen LogP contribution is -2.32. The summed E-state index contributed by atoms with van der Waals surface area (Å²) in [4.78, 5) is 4.02. The van der Waals surface area contributed by atoms with Crippen LogP contribution in [-0.4, -0.2) is 44.1 Å². The maximum absolute atomic E-state index is 11.5. The Kier molecular flexibility index (Phi) is 5.04. The molecular weight excluding hydrogens is 238 g/mol. The summed E-state index contributed by atoms with van der Waals surface area (Å²) in [6.07, 6.45) is 3.49. The molecule has 1 unspecified atom stereocenters. The van der Waals surface area contributed by atoms with Gasteiger partial charge < -0.3 is 5.32 Å². The lowest BCUT2D eigenvalue weighted by atomic mass is 10.1. The molecule has 6 heteroatoms. The Morgan fingerprint density at radius 2 is 2.18 bits per heavy atom. The highest BCUT2D eigenvalue weighted by molar-refractivity contribution is 7.89. The number of nitrogens with zero attached hydrogens (tertiary/aromatic N) is 2. The fourth-order valence-corrected chi connectivity index (χ4v) is 2.08. The second-order valence-corrected chi connectivity index (χ2v) is 6.36. The highest BCUT2D eigenvalue weighted by Gasteiger charge is 2.13. The van der Waals surface area contributed by atoms with Crippen LogP contribution in [0, 0.1) is 0 Å². The molecule has 96 valence electrons. The molecule has 1 N–H and O–H groups in total. The van der Waals surface area contributed by atoms with Gasteiger partial charge in [0.15, 0.2) is 0 Å². The molecule has 1 rings (SSSR count). The van der Waals surface area contributed by atoms with Crippen molar-refractivity contribution in [2.45, 2.75) is 13.0 Å². The van der Waals surface area contributed by atoms with Gasteiger partial charge in [0.1, 0.15) is 0 Å². The van der Waals surface area contributed by atoms with E-state index < -0.39 is 10.0 Å². The highest BCUT2D eigenvalue weighted by Crippen LogP contribution is 2.09. The first-order valence-electron chi connectivity index (χ1n) is 5.47. The monoisotopic (exact) mass is 257 g/mol. The van der Waals surface area contributed by atoms with E-state index in [-0.39, 0.29) is 11.8 Å². The van der Waals surface area contributed by atoms with Crippen molar-refractivity contribution in [1.29, 1.82) is 0 Å². The molecule has 1 aromatic heterocycles. The van der Waals surface area contributed by atoms with Crippen LogP contribution in [0.25, 0.3) is 0 Å². The average Bonchev–Trinajstić information content (AvgIpc) is 2.29. The Hall–Kier alpha value is -0.980. The molecule has 0 fully saturated rings. The molecule has 0 spiro atoms. The van der Waals surface area contributed by atoms with Crippen molar-refractivity contribution in [1.82, 2.24) is 14.6 Å². The zero-order valence-electron chi connectivity index (χ0n) is 10.4. The fourth-order valence-electron chi connectivity index (χ4n) is 1.34. The van der Waals surface area contributed by atoms with E-state index in [1.54, 1.807) is 26.5 Å². The normalized spacial score (nSPS) is 13.9. The van der Waals surface area contributed by atoms with Crippen LogP contribution in [0.1, 0.15) is 18.5 Å². The van der Waals surface area contributed by atoms with E-state index in [9.17, 15) is 8.42 Å². The first-order chi connectivity index (χ1) is 7.93. The van der Waals surface area contributed by atoms with E-state index in [2.05, 4.69) is 10.3 Å². The number of aromatic nitrogens is 1. The Morgan fingerprint density at radius 3 is 2.71 bits per heavy atom. The third-order valence-electron chi connectivity index (χ3n) is 2.55. The summed E-state index contributed by atoms with van der Waals surface area (Å²) in [5.41, 5.74) is 1.05. The van der Waals surface area contributed by atoms with Crippen LogP contribution in [0.4, 0.5) is 0 Å². The third kappa shape index (κ3) is 4.41. The van der Waals surface area contributed by atoms with Crippen molar-refractivity contribution in [3.8, 4) is 0 Å². The lowest BCUT2D eigenvalue weighted by Gasteiger charge is -2.15. The SMILES string of the molecule is CC(NCCS(=O)(=O)N(C)C)c1cccnc1. The highest BCUT2D eigenvalue weighted by atomic mass is 32.2. The number of rotatable bonds is 6. The number of hydrogen-bond donors (Lipinski definition) is 1. The zero-order chi connectivity index (χ0) is 12.9. The Bertz CT molecular complexity index is 431. The van der Waals surface area contributed by atoms with Gasteiger partial charge in [-0.05, 0) is 18.6 Å². The molecular formula is C11H19N3O2S. The van der Waals surface area contributed by atoms with Crippen molar-refractivity contribution in [2.75, 3.05) is 26.4 Å². The molecule has 5 nitrogen and oxygen atoms in total. The smallest absolute Gasteiger partial charge is 0.214 e. The van der Waals surface area contributed by atoms with Gasteiger partial charge in [-0.3, -0.25) is 4.98 Å². The van der Waals surface area contributed by atoms with E-state index in [0.717, 1.165) is 5.56 Å². The molecule has 0 amide bonds. The molecule has 0 aliphatic heterocycles. The van der Waals surface area contributed by atoms with Gasteiger partial charge in [-0.1, -0.05) is 6.07 Å². The minimum absolute atomic E-state index is 0.0982. The Balaban J connectivity index is 2.43. The topological polar surface area (TPSA) is 62.3 Å². The fraction of sp³-hybridized carbons (Fsp3) is 0.545. The summed E-state index contributed by atoms with van der Waals surface area (Å²) >= 11 is 0. The van der Waals surface area contributed by atoms with Gasteiger partial charge in [-0.2, -0.15) is 0 Å². The third-order valence-corrected chi connectivity index (χ3v) is 4.38. The van der Waals surface area contributed by atoms with Gasteiger partial charge >= 0.3 is 0 Å². The largest absolute Gasteiger partial charge is 0.309 e. The quantitative estimate of drug-likeness (QED) is 0.811. The van der Waals surface area contributed by atoms with E-state index in [0.29, 0.717) is 6.54 Å². The first kappa shape index (κ1) is 14.1. The molecule has 1 aromatic rings. The maximum atomic E-state index is 11.5. The van der Waals surface area contributed by atoms with Crippen LogP contribution in [-0.2, 0) is 10.0 Å². The van der Waals surface area contributed by atoms with Crippen LogP contribution in [0.2, 0.25) is 0 Å². The van der Waals surface area contributed by atoms with Crippen LogP contribution in [0.3, 0.4) is 0 Å². The summed E-state index contributed by atoms with van der Waals surface area (Å²) in [6, 6.07) is 3.93. The van der Waals surface area contributed by atoms with E-state index in [1.807, 2.05) is 19.1 Å². The maximum Gasteiger partial charge on any atom is 0.214 e. The molecule has 0 saturated carbocycles. The van der Waals surface area contributed by atoms with Crippen LogP contribution >= 0.6 is 0 Å². The molecule has 0 aliphatic carbocycles. The lowest BCUT2D eigenvalue weighted by molar-refractivity contribution is 0.512. The summed E-state index contributed by atoms with van der Waals surface area (Å²) in [5.74, 6) is 0.102. The molecule has 0 aliphatic rings. The predicted molar refractivity (Wildman–Crippen MR) is 68.1 cm³/mol. The van der Waals surface area contributed by atoms with Crippen LogP contribution in [0.15, 0.2) is 24.5 Å². The predicted octanol–water partition coefficient (Wildman–Crippen LogP) is 0.624. The molecule has 0 saturated heterocycles. The number of pyridine rings is 1. The average molecular weight is 257 g/mol. The minimum atomic E-state index is -3.12. The Morgan fingerprint density at radius 1 is 1.47 bits per heavy atom. The van der Waals surface area contributed by atoms with Crippen molar-refractivity contribution in [3.05, 3.63) is 30.1 Å². The van der Waals surface area contributed by atoms with Gasteiger partial charge in [0.25, 0.3) is 0 Å². The van der Waals surface area contributed by atoms with E-state index in [1.165, 1.54) is 4.31 Å². The molecule has 1 heterocycles. The molecule has 0 aromatic carbocycles. The second-order valence-electron chi connectivity index (χ2n) is 4.06. The van der Waals surface area contributed by atoms with Crippen molar-refractivity contribution in [3.63, 3.8) is 0 Å². The summed E-state index contributed by atoms with van der Waals surface area (Å²) in [7, 11) is -0.0378. The van der Waals surface area contributed by atoms with Gasteiger partial charge in [0.2, 0.25) is 10.0 Å². The number of sulfonamides is 1. The van der Waals surface area contributed by atoms with Gasteiger partial charge in [-0.15, -0.1) is 0 Å². The van der Waals surface area contributed by atoms with Gasteiger partial charge in [0, 0.05) is 39.1 Å². The standard InChI is InChI=1S/C11H19N3O2S/c1-10(11-5-4-6-12-9-11)13-7-8-17(15,16)14(2)3/h4-6,9-10,13H,7-8H2,1-3H3. The minimum Gasteiger partial charge on any atom is -0.309 e. The number of hydrogen-bond acceptors (Lipinski definition) is 4.